The number of thiophene rings is 1. The number of hydrogen-bond acceptors (Lipinski definition) is 4. The van der Waals surface area contributed by atoms with Gasteiger partial charge in [0.1, 0.15) is 4.21 Å². The van der Waals surface area contributed by atoms with Gasteiger partial charge in [-0.3, -0.25) is 0 Å². The minimum Gasteiger partial charge on any atom is -0.316 e. The fraction of sp³-hybridized carbons (Fsp3) is 0.636. The van der Waals surface area contributed by atoms with Gasteiger partial charge in [-0.2, -0.15) is 0 Å². The van der Waals surface area contributed by atoms with Gasteiger partial charge in [0, 0.05) is 6.04 Å². The van der Waals surface area contributed by atoms with Gasteiger partial charge in [0.25, 0.3) is 0 Å². The zero-order valence-corrected chi connectivity index (χ0v) is 13.8. The van der Waals surface area contributed by atoms with Crippen LogP contribution in [0.15, 0.2) is 16.3 Å². The Kier molecular flexibility index (Phi) is 6.56. The molecule has 2 heterocycles. The van der Waals surface area contributed by atoms with Gasteiger partial charge in [-0.1, -0.05) is 11.6 Å². The lowest BCUT2D eigenvalue weighted by molar-refractivity contribution is 0.320. The predicted octanol–water partition coefficient (Wildman–Crippen LogP) is 2.49. The van der Waals surface area contributed by atoms with Crippen LogP contribution in [0.4, 0.5) is 0 Å². The second-order valence-corrected chi connectivity index (χ2v) is 8.23. The van der Waals surface area contributed by atoms with E-state index in [9.17, 15) is 8.42 Å². The predicted molar refractivity (Wildman–Crippen MR) is 82.0 cm³/mol. The highest BCUT2D eigenvalue weighted by Crippen LogP contribution is 2.26. The Morgan fingerprint density at radius 1 is 1.53 bits per heavy atom. The monoisotopic (exact) mass is 344 g/mol. The number of piperidine rings is 1. The molecule has 2 atom stereocenters. The van der Waals surface area contributed by atoms with Crippen LogP contribution in [0.3, 0.4) is 0 Å². The maximum atomic E-state index is 12.1. The van der Waals surface area contributed by atoms with E-state index in [0.29, 0.717) is 10.3 Å². The molecule has 2 unspecified atom stereocenters. The molecular weight excluding hydrogens is 327 g/mol. The third-order valence-electron chi connectivity index (χ3n) is 3.20. The Morgan fingerprint density at radius 2 is 2.26 bits per heavy atom. The Bertz CT molecular complexity index is 499. The summed E-state index contributed by atoms with van der Waals surface area (Å²) in [6, 6.07) is 3.08. The van der Waals surface area contributed by atoms with Gasteiger partial charge < -0.3 is 5.32 Å². The van der Waals surface area contributed by atoms with E-state index >= 15 is 0 Å². The third-order valence-corrected chi connectivity index (χ3v) is 6.48. The first kappa shape index (κ1) is 17.2. The number of sulfonamides is 1. The molecule has 0 bridgehead atoms. The van der Waals surface area contributed by atoms with Crippen molar-refractivity contribution < 1.29 is 8.42 Å². The van der Waals surface area contributed by atoms with Gasteiger partial charge in [0.2, 0.25) is 10.0 Å². The zero-order valence-electron chi connectivity index (χ0n) is 10.6. The smallest absolute Gasteiger partial charge is 0.250 e. The van der Waals surface area contributed by atoms with Crippen molar-refractivity contribution >= 4 is 45.4 Å². The number of hydrogen-bond donors (Lipinski definition) is 2. The van der Waals surface area contributed by atoms with E-state index in [1.54, 1.807) is 12.1 Å². The molecule has 0 aromatic carbocycles. The second-order valence-electron chi connectivity index (χ2n) is 4.57. The minimum absolute atomic E-state index is 0. The molecule has 1 aromatic rings. The summed E-state index contributed by atoms with van der Waals surface area (Å²) in [6.45, 7) is 3.82. The van der Waals surface area contributed by atoms with Gasteiger partial charge in [0.05, 0.1) is 4.34 Å². The standard InChI is InChI=1S/C11H17ClN2O2S2.ClH/c1-8(9-3-2-6-13-7-9)14-18(15,16)11-5-4-10(12)17-11;/h4-5,8-9,13-14H,2-3,6-7H2,1H3;1H. The molecule has 0 saturated carbocycles. The Labute approximate surface area is 129 Å². The van der Waals surface area contributed by atoms with Gasteiger partial charge in [-0.05, 0) is 50.9 Å². The first-order valence-electron chi connectivity index (χ1n) is 5.97. The van der Waals surface area contributed by atoms with E-state index < -0.39 is 10.0 Å². The Balaban J connectivity index is 0.00000180. The van der Waals surface area contributed by atoms with Crippen LogP contribution >= 0.6 is 35.3 Å². The molecule has 0 spiro atoms. The van der Waals surface area contributed by atoms with Crippen LogP contribution < -0.4 is 10.0 Å². The van der Waals surface area contributed by atoms with Crippen LogP contribution in [0.2, 0.25) is 4.34 Å². The first-order valence-corrected chi connectivity index (χ1v) is 8.65. The van der Waals surface area contributed by atoms with Crippen LogP contribution in [-0.4, -0.2) is 27.5 Å². The summed E-state index contributed by atoms with van der Waals surface area (Å²) < 4.78 is 27.7. The van der Waals surface area contributed by atoms with Crippen LogP contribution in [0.25, 0.3) is 0 Å². The topological polar surface area (TPSA) is 58.2 Å². The Morgan fingerprint density at radius 3 is 2.79 bits per heavy atom. The van der Waals surface area contributed by atoms with Crippen molar-refractivity contribution in [1.29, 1.82) is 0 Å². The van der Waals surface area contributed by atoms with Crippen LogP contribution in [0, 0.1) is 5.92 Å². The van der Waals surface area contributed by atoms with Gasteiger partial charge in [0.15, 0.2) is 0 Å². The summed E-state index contributed by atoms with van der Waals surface area (Å²) in [7, 11) is -3.43. The summed E-state index contributed by atoms with van der Waals surface area (Å²) in [6.07, 6.45) is 2.16. The van der Waals surface area contributed by atoms with Gasteiger partial charge >= 0.3 is 0 Å². The number of rotatable bonds is 4. The summed E-state index contributed by atoms with van der Waals surface area (Å²) in [5.74, 6) is 0.351. The zero-order chi connectivity index (χ0) is 13.2. The number of halogens is 2. The quantitative estimate of drug-likeness (QED) is 0.882. The van der Waals surface area contributed by atoms with Crippen molar-refractivity contribution in [2.24, 2.45) is 5.92 Å². The van der Waals surface area contributed by atoms with Crippen LogP contribution in [-0.2, 0) is 10.0 Å². The molecule has 110 valence electrons. The second kappa shape index (κ2) is 7.24. The Hall–Kier alpha value is 0.150. The van der Waals surface area contributed by atoms with Crippen molar-refractivity contribution in [3.05, 3.63) is 16.5 Å². The van der Waals surface area contributed by atoms with E-state index in [-0.39, 0.29) is 22.7 Å². The van der Waals surface area contributed by atoms with Crippen molar-refractivity contribution in [1.82, 2.24) is 10.0 Å². The van der Waals surface area contributed by atoms with Gasteiger partial charge in [-0.15, -0.1) is 23.7 Å². The molecule has 2 rings (SSSR count). The molecule has 1 aliphatic rings. The third kappa shape index (κ3) is 4.58. The molecule has 1 saturated heterocycles. The molecule has 8 heteroatoms. The van der Waals surface area contributed by atoms with E-state index in [4.69, 9.17) is 11.6 Å². The fourth-order valence-electron chi connectivity index (χ4n) is 2.15. The van der Waals surface area contributed by atoms with Crippen LogP contribution in [0.5, 0.6) is 0 Å². The molecule has 0 radical (unpaired) electrons. The van der Waals surface area contributed by atoms with Crippen molar-refractivity contribution in [2.45, 2.75) is 30.0 Å². The van der Waals surface area contributed by atoms with Crippen LogP contribution in [0.1, 0.15) is 19.8 Å². The van der Waals surface area contributed by atoms with E-state index in [1.165, 1.54) is 0 Å². The maximum absolute atomic E-state index is 12.1. The molecular formula is C11H18Cl2N2O2S2. The average molecular weight is 345 g/mol. The summed E-state index contributed by atoms with van der Waals surface area (Å²) in [5.41, 5.74) is 0. The molecule has 4 nitrogen and oxygen atoms in total. The van der Waals surface area contributed by atoms with Crippen molar-refractivity contribution in [2.75, 3.05) is 13.1 Å². The molecule has 19 heavy (non-hydrogen) atoms. The fourth-order valence-corrected chi connectivity index (χ4v) is 4.96. The summed E-state index contributed by atoms with van der Waals surface area (Å²) >= 11 is 6.85. The molecule has 1 aliphatic heterocycles. The van der Waals surface area contributed by atoms with E-state index in [0.717, 1.165) is 37.3 Å². The largest absolute Gasteiger partial charge is 0.316 e. The highest BCUT2D eigenvalue weighted by atomic mass is 35.5. The lowest BCUT2D eigenvalue weighted by Crippen LogP contribution is -2.44. The summed E-state index contributed by atoms with van der Waals surface area (Å²) in [5, 5.41) is 3.29. The molecule has 2 N–H and O–H groups in total. The maximum Gasteiger partial charge on any atom is 0.250 e. The summed E-state index contributed by atoms with van der Waals surface area (Å²) in [4.78, 5) is 0. The minimum atomic E-state index is -3.43. The average Bonchev–Trinajstić information content (AvgIpc) is 2.77. The molecule has 1 aromatic heterocycles. The highest BCUT2D eigenvalue weighted by Gasteiger charge is 2.25. The van der Waals surface area contributed by atoms with Crippen molar-refractivity contribution in [3.63, 3.8) is 0 Å². The van der Waals surface area contributed by atoms with Crippen molar-refractivity contribution in [3.8, 4) is 0 Å². The van der Waals surface area contributed by atoms with E-state index in [2.05, 4.69) is 10.0 Å². The lowest BCUT2D eigenvalue weighted by atomic mass is 9.94. The molecule has 0 aliphatic carbocycles. The number of nitrogens with one attached hydrogen (secondary N) is 2. The highest BCUT2D eigenvalue weighted by molar-refractivity contribution is 7.91. The molecule has 0 amide bonds. The first-order chi connectivity index (χ1) is 8.49. The van der Waals surface area contributed by atoms with Gasteiger partial charge in [-0.25, -0.2) is 13.1 Å². The lowest BCUT2D eigenvalue weighted by Gasteiger charge is -2.28. The normalized spacial score (nSPS) is 21.7. The molecule has 1 fully saturated rings. The SMILES string of the molecule is CC(NS(=O)(=O)c1ccc(Cl)s1)C1CCCNC1.Cl. The van der Waals surface area contributed by atoms with E-state index in [1.807, 2.05) is 6.92 Å².